The fourth-order valence-corrected chi connectivity index (χ4v) is 7.85. The van der Waals surface area contributed by atoms with Gasteiger partial charge < -0.3 is 20.3 Å². The van der Waals surface area contributed by atoms with Crippen LogP contribution >= 0.6 is 0 Å². The maximum absolute atomic E-state index is 14.1. The van der Waals surface area contributed by atoms with Crippen molar-refractivity contribution >= 4 is 35.6 Å². The fourth-order valence-electron chi connectivity index (χ4n) is 7.85. The molecule has 14 nitrogen and oxygen atoms in total. The van der Waals surface area contributed by atoms with Gasteiger partial charge in [-0.1, -0.05) is 24.3 Å². The van der Waals surface area contributed by atoms with Crippen molar-refractivity contribution in [3.8, 4) is 22.3 Å². The summed E-state index contributed by atoms with van der Waals surface area (Å²) in [6.07, 6.45) is -11.4. The number of benzene rings is 2. The maximum Gasteiger partial charge on any atom is 0.416 e. The molecule has 6 rings (SSSR count). The van der Waals surface area contributed by atoms with E-state index < -0.39 is 89.0 Å². The van der Waals surface area contributed by atoms with Crippen LogP contribution in [0.25, 0.3) is 22.3 Å². The lowest BCUT2D eigenvalue weighted by Gasteiger charge is -2.27. The van der Waals surface area contributed by atoms with Crippen molar-refractivity contribution in [1.82, 2.24) is 19.8 Å². The van der Waals surface area contributed by atoms with Gasteiger partial charge in [-0.05, 0) is 113 Å². The van der Waals surface area contributed by atoms with E-state index in [2.05, 4.69) is 9.97 Å². The Morgan fingerprint density at radius 3 is 1.28 bits per heavy atom. The number of carbonyl (C=O) groups is 6. The summed E-state index contributed by atoms with van der Waals surface area (Å²) in [7, 11) is 0. The number of likely N-dealkylation sites (tertiary alicyclic amines) is 2. The third-order valence-corrected chi connectivity index (χ3v) is 11.2. The van der Waals surface area contributed by atoms with Gasteiger partial charge in [0.05, 0.1) is 47.4 Å². The van der Waals surface area contributed by atoms with E-state index >= 15 is 0 Å². The average molecular weight is 1020 g/mol. The van der Waals surface area contributed by atoms with Crippen LogP contribution in [-0.2, 0) is 44.3 Å². The van der Waals surface area contributed by atoms with Crippen molar-refractivity contribution in [3.63, 3.8) is 0 Å². The highest BCUT2D eigenvalue weighted by Gasteiger charge is 2.43. The first kappa shape index (κ1) is 55.9. The Labute approximate surface area is 408 Å². The third kappa shape index (κ3) is 15.0. The van der Waals surface area contributed by atoms with Gasteiger partial charge in [0, 0.05) is 49.5 Å². The lowest BCUT2D eigenvalue weighted by atomic mass is 9.97. The molecule has 0 saturated carbocycles. The zero-order valence-corrected chi connectivity index (χ0v) is 40.0. The Morgan fingerprint density at radius 1 is 0.611 bits per heavy atom. The number of rotatable bonds is 12. The Kier molecular flexibility index (Phi) is 17.2. The first-order valence-corrected chi connectivity index (χ1v) is 22.5. The standard InChI is InChI=1S/C25H27F4N3O4.C25H26F4N2O5/c1-24(2,3)36-23(35)32-13-16(26)10-20(32)21(33)9-8-17-11-18(19(12-31-17)22(30)34)14-4-6-15(7-5-14)25(27,28)29;1-24(2,3)36-23(35)31-13-16(26)10-20(31)21(32)9-8-17-11-18(19(12-30-17)22(33)34)14-4-6-15(7-5-14)25(27,28)29/h4-7,11-12,16,20H,8-10,13H2,1-3H3,(H2,30,34);4-7,11-12,16,20H,8-10,13H2,1-3H3,(H,33,34)/t2*16-,20+/m11/s1. The van der Waals surface area contributed by atoms with E-state index in [0.29, 0.717) is 17.0 Å². The number of Topliss-reactive ketones (excluding diaryl/α,β-unsaturated/α-hetero) is 2. The number of alkyl halides is 8. The number of aryl methyl sites for hydroxylation is 2. The van der Waals surface area contributed by atoms with Crippen LogP contribution in [0.15, 0.2) is 73.1 Å². The molecule has 0 spiro atoms. The van der Waals surface area contributed by atoms with Gasteiger partial charge in [0.15, 0.2) is 11.6 Å². The number of hydrogen-bond acceptors (Lipinski definition) is 10. The van der Waals surface area contributed by atoms with Crippen LogP contribution in [0.4, 0.5) is 44.7 Å². The number of carbonyl (C=O) groups excluding carboxylic acids is 5. The topological polar surface area (TPSA) is 199 Å². The minimum atomic E-state index is -4.54. The molecule has 2 aromatic heterocycles. The summed E-state index contributed by atoms with van der Waals surface area (Å²) in [4.78, 5) is 84.5. The molecule has 2 aromatic carbocycles. The molecule has 0 aliphatic carbocycles. The van der Waals surface area contributed by atoms with E-state index in [9.17, 15) is 69.0 Å². The molecule has 2 saturated heterocycles. The predicted molar refractivity (Wildman–Crippen MR) is 244 cm³/mol. The first-order valence-electron chi connectivity index (χ1n) is 22.5. The fraction of sp³-hybridized carbons (Fsp3) is 0.440. The van der Waals surface area contributed by atoms with Crippen LogP contribution in [-0.4, -0.2) is 109 Å². The Balaban J connectivity index is 0.000000267. The number of nitrogens with two attached hydrogens (primary N) is 1. The van der Waals surface area contributed by atoms with Crippen molar-refractivity contribution in [3.05, 3.63) is 107 Å². The minimum Gasteiger partial charge on any atom is -0.478 e. The molecule has 2 aliphatic rings. The van der Waals surface area contributed by atoms with Gasteiger partial charge in [-0.15, -0.1) is 0 Å². The average Bonchev–Trinajstić information content (AvgIpc) is 3.88. The van der Waals surface area contributed by atoms with E-state index in [0.717, 1.165) is 52.4 Å². The number of amides is 3. The van der Waals surface area contributed by atoms with Crippen LogP contribution < -0.4 is 5.73 Å². The minimum absolute atomic E-state index is 0.0111. The van der Waals surface area contributed by atoms with Crippen molar-refractivity contribution in [2.75, 3.05) is 13.1 Å². The van der Waals surface area contributed by atoms with Gasteiger partial charge in [0.2, 0.25) is 0 Å². The van der Waals surface area contributed by atoms with Crippen LogP contribution in [0.5, 0.6) is 0 Å². The molecule has 4 heterocycles. The third-order valence-electron chi connectivity index (χ3n) is 11.2. The second kappa shape index (κ2) is 22.2. The number of nitrogens with zero attached hydrogens (tertiary/aromatic N) is 4. The molecule has 3 amide bonds. The van der Waals surface area contributed by atoms with Crippen LogP contribution in [0, 0.1) is 0 Å². The van der Waals surface area contributed by atoms with E-state index in [-0.39, 0.29) is 85.2 Å². The number of carboxylic acids is 1. The molecule has 72 heavy (non-hydrogen) atoms. The van der Waals surface area contributed by atoms with Crippen molar-refractivity contribution in [2.24, 2.45) is 5.73 Å². The lowest BCUT2D eigenvalue weighted by molar-refractivity contribution is -0.138. The molecular formula is C50H53F8N5O9. The Morgan fingerprint density at radius 2 is 0.958 bits per heavy atom. The van der Waals surface area contributed by atoms with Gasteiger partial charge >= 0.3 is 30.5 Å². The molecular weight excluding hydrogens is 967 g/mol. The Bertz CT molecular complexity index is 2470. The number of ketones is 2. The monoisotopic (exact) mass is 1020 g/mol. The molecule has 2 aliphatic heterocycles. The number of hydrogen-bond donors (Lipinski definition) is 2. The molecule has 2 fully saturated rings. The second-order valence-electron chi connectivity index (χ2n) is 19.2. The number of primary amides is 1. The number of ether oxygens (including phenoxy) is 2. The largest absolute Gasteiger partial charge is 0.478 e. The molecule has 22 heteroatoms. The summed E-state index contributed by atoms with van der Waals surface area (Å²) in [5.74, 6) is -2.90. The van der Waals surface area contributed by atoms with Crippen molar-refractivity contribution in [2.45, 2.75) is 128 Å². The van der Waals surface area contributed by atoms with E-state index in [1.807, 2.05) is 0 Å². The van der Waals surface area contributed by atoms with Crippen LogP contribution in [0.1, 0.15) is 110 Å². The SMILES string of the molecule is CC(C)(C)OC(=O)N1C[C@H](F)C[C@H]1C(=O)CCc1cc(-c2ccc(C(F)(F)F)cc2)c(C(=O)O)cn1.CC(C)(C)OC(=O)N1C[C@H](F)C[C@H]1C(=O)CCc1cc(-c2ccc(C(F)(F)F)cc2)c(C(N)=O)cn1. The quantitative estimate of drug-likeness (QED) is 0.128. The smallest absolute Gasteiger partial charge is 0.416 e. The molecule has 4 aromatic rings. The zero-order chi connectivity index (χ0) is 53.7. The van der Waals surface area contributed by atoms with Gasteiger partial charge in [-0.3, -0.25) is 34.2 Å². The zero-order valence-electron chi connectivity index (χ0n) is 40.0. The summed E-state index contributed by atoms with van der Waals surface area (Å²) < 4.78 is 116. The predicted octanol–water partition coefficient (Wildman–Crippen LogP) is 10.0. The lowest BCUT2D eigenvalue weighted by Crippen LogP contribution is -2.43. The highest BCUT2D eigenvalue weighted by atomic mass is 19.4. The molecule has 3 N–H and O–H groups in total. The summed E-state index contributed by atoms with van der Waals surface area (Å²) in [5.41, 5.74) is 3.54. The molecule has 0 unspecified atom stereocenters. The maximum atomic E-state index is 14.1. The summed E-state index contributed by atoms with van der Waals surface area (Å²) in [6, 6.07) is 9.16. The van der Waals surface area contributed by atoms with E-state index in [1.165, 1.54) is 30.5 Å². The van der Waals surface area contributed by atoms with Crippen molar-refractivity contribution in [1.29, 1.82) is 0 Å². The molecule has 0 bridgehead atoms. The van der Waals surface area contributed by atoms with Crippen molar-refractivity contribution < 1.29 is 78.5 Å². The van der Waals surface area contributed by atoms with E-state index in [4.69, 9.17) is 15.2 Å². The summed E-state index contributed by atoms with van der Waals surface area (Å²) in [5, 5.41) is 9.49. The second-order valence-corrected chi connectivity index (χ2v) is 19.2. The van der Waals surface area contributed by atoms with Gasteiger partial charge in [-0.2, -0.15) is 26.3 Å². The normalized spacial score (nSPS) is 18.2. The summed E-state index contributed by atoms with van der Waals surface area (Å²) >= 11 is 0. The van der Waals surface area contributed by atoms with Gasteiger partial charge in [-0.25, -0.2) is 23.2 Å². The number of carboxylic acid groups (broad SMARTS) is 1. The first-order chi connectivity index (χ1) is 33.3. The van der Waals surface area contributed by atoms with Crippen LogP contribution in [0.3, 0.4) is 0 Å². The van der Waals surface area contributed by atoms with Gasteiger partial charge in [0.1, 0.15) is 23.5 Å². The summed E-state index contributed by atoms with van der Waals surface area (Å²) in [6.45, 7) is 9.48. The number of halogens is 8. The number of pyridine rings is 2. The van der Waals surface area contributed by atoms with Gasteiger partial charge in [0.25, 0.3) is 5.91 Å². The molecule has 0 radical (unpaired) electrons. The highest BCUT2D eigenvalue weighted by molar-refractivity contribution is 6.00. The van der Waals surface area contributed by atoms with E-state index in [1.54, 1.807) is 41.5 Å². The number of aromatic nitrogens is 2. The molecule has 388 valence electrons. The number of aromatic carboxylic acids is 1. The Hall–Kier alpha value is -7.00. The van der Waals surface area contributed by atoms with Crippen LogP contribution in [0.2, 0.25) is 0 Å². The molecule has 4 atom stereocenters. The highest BCUT2D eigenvalue weighted by Crippen LogP contribution is 2.35.